The first-order valence-electron chi connectivity index (χ1n) is 6.54. The topological polar surface area (TPSA) is 66.4 Å². The summed E-state index contributed by atoms with van der Waals surface area (Å²) in [5.74, 6) is -2.32. The Bertz CT molecular complexity index is 599. The molecule has 2 N–H and O–H groups in total. The Morgan fingerprint density at radius 1 is 1.15 bits per heavy atom. The van der Waals surface area contributed by atoms with Crippen LogP contribution in [0.1, 0.15) is 6.42 Å². The van der Waals surface area contributed by atoms with E-state index in [1.54, 1.807) is 24.3 Å². The number of carboxylic acids is 1. The van der Waals surface area contributed by atoms with E-state index in [4.69, 9.17) is 11.6 Å². The zero-order valence-electron chi connectivity index (χ0n) is 10.6. The lowest BCUT2D eigenvalue weighted by molar-refractivity contribution is -0.146. The van der Waals surface area contributed by atoms with Crippen LogP contribution < -0.4 is 5.32 Å². The summed E-state index contributed by atoms with van der Waals surface area (Å²) in [7, 11) is 0. The molecule has 1 aromatic rings. The highest BCUT2D eigenvalue weighted by molar-refractivity contribution is 6.33. The van der Waals surface area contributed by atoms with Crippen molar-refractivity contribution in [1.82, 2.24) is 0 Å². The van der Waals surface area contributed by atoms with Crippen molar-refractivity contribution < 1.29 is 14.7 Å². The normalized spacial score (nSPS) is 30.4. The zero-order valence-corrected chi connectivity index (χ0v) is 11.4. The fraction of sp³-hybridized carbons (Fsp3) is 0.333. The van der Waals surface area contributed by atoms with Gasteiger partial charge in [-0.15, -0.1) is 0 Å². The molecule has 0 saturated heterocycles. The first-order valence-corrected chi connectivity index (χ1v) is 6.92. The smallest absolute Gasteiger partial charge is 0.307 e. The molecule has 4 atom stereocenters. The number of rotatable bonds is 3. The second kappa shape index (κ2) is 4.94. The molecular weight excluding hydrogens is 278 g/mol. The lowest BCUT2D eigenvalue weighted by Crippen LogP contribution is -2.36. The van der Waals surface area contributed by atoms with E-state index in [9.17, 15) is 14.7 Å². The molecule has 0 radical (unpaired) electrons. The second-order valence-corrected chi connectivity index (χ2v) is 5.71. The van der Waals surface area contributed by atoms with Crippen LogP contribution in [0.15, 0.2) is 36.4 Å². The third kappa shape index (κ3) is 2.10. The Labute approximate surface area is 121 Å². The van der Waals surface area contributed by atoms with Gasteiger partial charge in [-0.3, -0.25) is 9.59 Å². The van der Waals surface area contributed by atoms with E-state index in [-0.39, 0.29) is 17.7 Å². The fourth-order valence-electron chi connectivity index (χ4n) is 3.29. The van der Waals surface area contributed by atoms with E-state index >= 15 is 0 Å². The van der Waals surface area contributed by atoms with E-state index < -0.39 is 17.8 Å². The lowest BCUT2D eigenvalue weighted by Gasteiger charge is -2.24. The molecule has 1 saturated carbocycles. The van der Waals surface area contributed by atoms with Crippen LogP contribution in [0.5, 0.6) is 0 Å². The summed E-state index contributed by atoms with van der Waals surface area (Å²) in [6, 6.07) is 6.95. The molecule has 104 valence electrons. The molecule has 3 rings (SSSR count). The Hall–Kier alpha value is -1.81. The van der Waals surface area contributed by atoms with Crippen LogP contribution in [0, 0.1) is 23.7 Å². The molecule has 0 aromatic heterocycles. The number of benzene rings is 1. The third-order valence-corrected chi connectivity index (χ3v) is 4.51. The number of fused-ring (bicyclic) bond motifs is 2. The Morgan fingerprint density at radius 3 is 2.45 bits per heavy atom. The van der Waals surface area contributed by atoms with Crippen molar-refractivity contribution in [1.29, 1.82) is 0 Å². The summed E-state index contributed by atoms with van der Waals surface area (Å²) >= 11 is 6.01. The van der Waals surface area contributed by atoms with Crippen molar-refractivity contribution in [2.75, 3.05) is 5.32 Å². The minimum absolute atomic E-state index is 0.0172. The largest absolute Gasteiger partial charge is 0.481 e. The van der Waals surface area contributed by atoms with Crippen molar-refractivity contribution in [3.8, 4) is 0 Å². The number of allylic oxidation sites excluding steroid dienone is 2. The van der Waals surface area contributed by atoms with Crippen LogP contribution in [0.4, 0.5) is 5.69 Å². The molecule has 2 aliphatic carbocycles. The second-order valence-electron chi connectivity index (χ2n) is 5.31. The number of hydrogen-bond acceptors (Lipinski definition) is 2. The van der Waals surface area contributed by atoms with Gasteiger partial charge in [0.1, 0.15) is 0 Å². The van der Waals surface area contributed by atoms with Gasteiger partial charge < -0.3 is 10.4 Å². The fourth-order valence-corrected chi connectivity index (χ4v) is 3.48. The summed E-state index contributed by atoms with van der Waals surface area (Å²) in [6.07, 6.45) is 4.63. The van der Waals surface area contributed by atoms with E-state index in [0.717, 1.165) is 6.42 Å². The standard InChI is InChI=1S/C15H14ClNO3/c16-10-3-1-2-4-11(10)17-14(18)12-8-5-6-9(7-8)13(12)15(19)20/h1-6,8-9,12-13H,7H2,(H,17,18)(H,19,20)/t8-,9-,12-,13-/m0/s1. The summed E-state index contributed by atoms with van der Waals surface area (Å²) in [5, 5.41) is 12.5. The van der Waals surface area contributed by atoms with E-state index in [0.29, 0.717) is 10.7 Å². The van der Waals surface area contributed by atoms with Gasteiger partial charge in [0.15, 0.2) is 0 Å². The van der Waals surface area contributed by atoms with Crippen LogP contribution in [0.2, 0.25) is 5.02 Å². The Kier molecular flexibility index (Phi) is 3.26. The number of hydrogen-bond donors (Lipinski definition) is 2. The molecule has 0 aliphatic heterocycles. The SMILES string of the molecule is O=C(O)[C@@H]1[C@@H](C(=O)Nc2ccccc2Cl)[C@H]2C=C[C@H]1C2. The number of carbonyl (C=O) groups excluding carboxylic acids is 1. The van der Waals surface area contributed by atoms with Crippen molar-refractivity contribution in [3.63, 3.8) is 0 Å². The molecule has 0 heterocycles. The van der Waals surface area contributed by atoms with Gasteiger partial charge in [0, 0.05) is 0 Å². The highest BCUT2D eigenvalue weighted by atomic mass is 35.5. The number of nitrogens with one attached hydrogen (secondary N) is 1. The molecule has 5 heteroatoms. The van der Waals surface area contributed by atoms with E-state index in [1.165, 1.54) is 0 Å². The van der Waals surface area contributed by atoms with Crippen molar-refractivity contribution in [2.45, 2.75) is 6.42 Å². The van der Waals surface area contributed by atoms with Crippen LogP contribution in [0.25, 0.3) is 0 Å². The molecule has 1 fully saturated rings. The van der Waals surface area contributed by atoms with Gasteiger partial charge in [-0.2, -0.15) is 0 Å². The summed E-state index contributed by atoms with van der Waals surface area (Å²) in [6.45, 7) is 0. The monoisotopic (exact) mass is 291 g/mol. The molecule has 2 aliphatic rings. The molecule has 1 amide bonds. The first-order chi connectivity index (χ1) is 9.58. The number of carbonyl (C=O) groups is 2. The Morgan fingerprint density at radius 2 is 1.80 bits per heavy atom. The molecule has 20 heavy (non-hydrogen) atoms. The maximum Gasteiger partial charge on any atom is 0.307 e. The van der Waals surface area contributed by atoms with Crippen LogP contribution in [0.3, 0.4) is 0 Å². The third-order valence-electron chi connectivity index (χ3n) is 4.18. The minimum Gasteiger partial charge on any atom is -0.481 e. The molecule has 4 nitrogen and oxygen atoms in total. The van der Waals surface area contributed by atoms with Crippen LogP contribution in [-0.4, -0.2) is 17.0 Å². The highest BCUT2D eigenvalue weighted by Gasteiger charge is 2.51. The zero-order chi connectivity index (χ0) is 14.3. The van der Waals surface area contributed by atoms with Crippen molar-refractivity contribution in [2.24, 2.45) is 23.7 Å². The minimum atomic E-state index is -0.902. The van der Waals surface area contributed by atoms with E-state index in [2.05, 4.69) is 5.32 Å². The van der Waals surface area contributed by atoms with E-state index in [1.807, 2.05) is 12.2 Å². The Balaban J connectivity index is 1.82. The number of carboxylic acid groups (broad SMARTS) is 1. The summed E-state index contributed by atoms with van der Waals surface area (Å²) in [4.78, 5) is 23.8. The molecule has 0 unspecified atom stereocenters. The average Bonchev–Trinajstić information content (AvgIpc) is 3.01. The molecular formula is C15H14ClNO3. The van der Waals surface area contributed by atoms with Crippen LogP contribution >= 0.6 is 11.6 Å². The van der Waals surface area contributed by atoms with Gasteiger partial charge in [-0.1, -0.05) is 35.9 Å². The predicted molar refractivity (Wildman–Crippen MR) is 75.4 cm³/mol. The molecule has 0 spiro atoms. The maximum absolute atomic E-state index is 12.4. The van der Waals surface area contributed by atoms with Gasteiger partial charge in [0.2, 0.25) is 5.91 Å². The van der Waals surface area contributed by atoms with Crippen molar-refractivity contribution >= 4 is 29.2 Å². The predicted octanol–water partition coefficient (Wildman–Crippen LogP) is 2.80. The molecule has 2 bridgehead atoms. The lowest BCUT2D eigenvalue weighted by atomic mass is 9.82. The van der Waals surface area contributed by atoms with Gasteiger partial charge in [0.05, 0.1) is 22.5 Å². The number of para-hydroxylation sites is 1. The quantitative estimate of drug-likeness (QED) is 0.842. The highest BCUT2D eigenvalue weighted by Crippen LogP contribution is 2.48. The van der Waals surface area contributed by atoms with Gasteiger partial charge in [-0.05, 0) is 30.4 Å². The first kappa shape index (κ1) is 13.2. The maximum atomic E-state index is 12.4. The number of amides is 1. The van der Waals surface area contributed by atoms with Gasteiger partial charge >= 0.3 is 5.97 Å². The van der Waals surface area contributed by atoms with Gasteiger partial charge in [0.25, 0.3) is 0 Å². The van der Waals surface area contributed by atoms with Gasteiger partial charge in [-0.25, -0.2) is 0 Å². The van der Waals surface area contributed by atoms with Crippen LogP contribution in [-0.2, 0) is 9.59 Å². The average molecular weight is 292 g/mol. The number of aliphatic carboxylic acids is 1. The van der Waals surface area contributed by atoms with Crippen molar-refractivity contribution in [3.05, 3.63) is 41.4 Å². The molecule has 1 aromatic carbocycles. The number of anilines is 1. The summed E-state index contributed by atoms with van der Waals surface area (Å²) in [5.41, 5.74) is 0.523. The number of halogens is 1. The summed E-state index contributed by atoms with van der Waals surface area (Å²) < 4.78 is 0.